The number of carbonyl (C=O) groups is 1. The van der Waals surface area contributed by atoms with Crippen LogP contribution >= 0.6 is 12.2 Å². The number of hydrazone groups is 1. The van der Waals surface area contributed by atoms with Crippen LogP contribution in [0.1, 0.15) is 62.3 Å². The first-order valence-electron chi connectivity index (χ1n) is 12.5. The van der Waals surface area contributed by atoms with E-state index in [1.54, 1.807) is 0 Å². The number of aryl methyl sites for hydroxylation is 2. The van der Waals surface area contributed by atoms with E-state index in [2.05, 4.69) is 72.7 Å². The van der Waals surface area contributed by atoms with Gasteiger partial charge in [0, 0.05) is 30.9 Å². The topological polar surface area (TPSA) is 56.7 Å². The summed E-state index contributed by atoms with van der Waals surface area (Å²) >= 11 is 5.56. The minimum Gasteiger partial charge on any atom is -0.331 e. The van der Waals surface area contributed by atoms with Crippen LogP contribution in [0.4, 0.5) is 5.69 Å². The number of thiocarbonyl (C=S) groups is 1. The molecule has 180 valence electrons. The Hall–Kier alpha value is -2.57. The quantitative estimate of drug-likeness (QED) is 0.446. The fraction of sp³-hybridized carbons (Fsp3) is 0.464. The summed E-state index contributed by atoms with van der Waals surface area (Å²) in [5, 5.41) is 8.24. The highest BCUT2D eigenvalue weighted by Crippen LogP contribution is 2.33. The zero-order chi connectivity index (χ0) is 24.2. The van der Waals surface area contributed by atoms with Gasteiger partial charge in [0.05, 0.1) is 5.92 Å². The molecule has 4 rings (SSSR count). The summed E-state index contributed by atoms with van der Waals surface area (Å²) in [5.41, 5.74) is 8.88. The van der Waals surface area contributed by atoms with Crippen molar-refractivity contribution in [1.29, 1.82) is 0 Å². The molecule has 1 aliphatic heterocycles. The van der Waals surface area contributed by atoms with E-state index in [1.165, 1.54) is 17.5 Å². The van der Waals surface area contributed by atoms with Crippen LogP contribution < -0.4 is 10.7 Å². The molecule has 1 aliphatic carbocycles. The van der Waals surface area contributed by atoms with Gasteiger partial charge in [-0.05, 0) is 60.0 Å². The summed E-state index contributed by atoms with van der Waals surface area (Å²) in [6, 6.07) is 14.3. The van der Waals surface area contributed by atoms with Crippen molar-refractivity contribution in [3.05, 3.63) is 64.7 Å². The van der Waals surface area contributed by atoms with Gasteiger partial charge in [0.1, 0.15) is 5.71 Å². The number of likely N-dealkylation sites (tertiary alicyclic amines) is 1. The monoisotopic (exact) mass is 476 g/mol. The van der Waals surface area contributed by atoms with E-state index in [4.69, 9.17) is 12.2 Å². The van der Waals surface area contributed by atoms with Gasteiger partial charge >= 0.3 is 0 Å². The lowest BCUT2D eigenvalue weighted by atomic mass is 9.90. The molecule has 6 heteroatoms. The van der Waals surface area contributed by atoms with Gasteiger partial charge in [-0.2, -0.15) is 5.10 Å². The largest absolute Gasteiger partial charge is 0.331 e. The van der Waals surface area contributed by atoms with E-state index in [0.29, 0.717) is 22.7 Å². The predicted molar refractivity (Wildman–Crippen MR) is 145 cm³/mol. The number of ketones is 1. The number of benzene rings is 2. The third-order valence-corrected chi connectivity index (χ3v) is 7.23. The molecule has 2 aromatic rings. The van der Waals surface area contributed by atoms with Crippen molar-refractivity contribution in [3.63, 3.8) is 0 Å². The second-order valence-corrected chi connectivity index (χ2v) is 10.3. The molecule has 0 radical (unpaired) electrons. The van der Waals surface area contributed by atoms with Crippen LogP contribution in [0.5, 0.6) is 0 Å². The first-order chi connectivity index (χ1) is 16.4. The maximum atomic E-state index is 13.5. The summed E-state index contributed by atoms with van der Waals surface area (Å²) in [6.07, 6.45) is 3.08. The van der Waals surface area contributed by atoms with Gasteiger partial charge in [-0.15, -0.1) is 0 Å². The Morgan fingerprint density at radius 2 is 1.68 bits per heavy atom. The second-order valence-electron chi connectivity index (χ2n) is 9.85. The van der Waals surface area contributed by atoms with Crippen LogP contribution in [0.25, 0.3) is 0 Å². The number of hydrogen-bond donors (Lipinski definition) is 2. The van der Waals surface area contributed by atoms with E-state index in [0.717, 1.165) is 49.3 Å². The number of piperidine rings is 1. The number of hydrogen-bond acceptors (Lipinski definition) is 4. The van der Waals surface area contributed by atoms with Crippen molar-refractivity contribution in [1.82, 2.24) is 10.3 Å². The van der Waals surface area contributed by atoms with E-state index in [9.17, 15) is 4.79 Å². The van der Waals surface area contributed by atoms with Crippen LogP contribution in [-0.2, 0) is 17.6 Å². The fourth-order valence-electron chi connectivity index (χ4n) is 5.60. The maximum Gasteiger partial charge on any atom is 0.192 e. The second kappa shape index (κ2) is 10.8. The van der Waals surface area contributed by atoms with Crippen LogP contribution in [0.3, 0.4) is 0 Å². The van der Waals surface area contributed by atoms with Crippen molar-refractivity contribution in [2.75, 3.05) is 25.0 Å². The van der Waals surface area contributed by atoms with Gasteiger partial charge in [-0.25, -0.2) is 0 Å². The smallest absolute Gasteiger partial charge is 0.192 e. The van der Waals surface area contributed by atoms with Gasteiger partial charge in [-0.3, -0.25) is 10.2 Å². The molecule has 2 N–H and O–H groups in total. The highest BCUT2D eigenvalue weighted by Gasteiger charge is 2.38. The molecule has 0 amide bonds. The van der Waals surface area contributed by atoms with Crippen LogP contribution in [0.15, 0.2) is 47.6 Å². The average molecular weight is 477 g/mol. The Bertz CT molecular complexity index is 1060. The third-order valence-electron chi connectivity index (χ3n) is 7.03. The minimum atomic E-state index is -0.178. The highest BCUT2D eigenvalue weighted by atomic mass is 32.1. The highest BCUT2D eigenvalue weighted by molar-refractivity contribution is 7.80. The van der Waals surface area contributed by atoms with E-state index >= 15 is 0 Å². The molecule has 2 aliphatic rings. The molecule has 3 atom stereocenters. The summed E-state index contributed by atoms with van der Waals surface area (Å²) in [5.74, 6) is 1.22. The molecule has 0 saturated carbocycles. The molecule has 1 heterocycles. The SMILES string of the molecule is CCc1cccc(CC)c1NC(=S)N/N=C1\C(=O)C(CN2CC(C)CC(C)C2)c2ccccc21. The van der Waals surface area contributed by atoms with Crippen molar-refractivity contribution < 1.29 is 4.79 Å². The van der Waals surface area contributed by atoms with Crippen LogP contribution in [0.2, 0.25) is 0 Å². The minimum absolute atomic E-state index is 0.0746. The maximum absolute atomic E-state index is 13.5. The van der Waals surface area contributed by atoms with Gasteiger partial charge < -0.3 is 10.2 Å². The molecule has 0 bridgehead atoms. The molecule has 5 nitrogen and oxygen atoms in total. The van der Waals surface area contributed by atoms with Crippen molar-refractivity contribution in [2.45, 2.75) is 52.9 Å². The normalized spacial score (nSPS) is 23.7. The van der Waals surface area contributed by atoms with Crippen molar-refractivity contribution in [3.8, 4) is 0 Å². The van der Waals surface area contributed by atoms with E-state index in [1.807, 2.05) is 18.2 Å². The summed E-state index contributed by atoms with van der Waals surface area (Å²) in [4.78, 5) is 16.0. The Labute approximate surface area is 209 Å². The molecule has 1 saturated heterocycles. The van der Waals surface area contributed by atoms with Crippen molar-refractivity contribution >= 4 is 34.5 Å². The zero-order valence-corrected chi connectivity index (χ0v) is 21.5. The fourth-order valence-corrected chi connectivity index (χ4v) is 5.75. The molecule has 3 unspecified atom stereocenters. The van der Waals surface area contributed by atoms with E-state index < -0.39 is 0 Å². The Balaban J connectivity index is 1.51. The number of carbonyl (C=O) groups excluding carboxylic acids is 1. The number of nitrogens with one attached hydrogen (secondary N) is 2. The standard InChI is InChI=1S/C28H36N4OS/c1-5-20-10-9-11-21(6-2)25(20)29-28(34)31-30-26-23-13-8-7-12-22(23)24(27(26)33)17-32-15-18(3)14-19(4)16-32/h7-13,18-19,24H,5-6,14-17H2,1-4H3,(H2,29,31,34)/b30-26-. The van der Waals surface area contributed by atoms with Crippen LogP contribution in [-0.4, -0.2) is 41.1 Å². The first kappa shape index (κ1) is 24.6. The van der Waals surface area contributed by atoms with E-state index in [-0.39, 0.29) is 11.7 Å². The molecular weight excluding hydrogens is 440 g/mol. The molecule has 0 aromatic heterocycles. The van der Waals surface area contributed by atoms with Gasteiger partial charge in [0.15, 0.2) is 10.9 Å². The van der Waals surface area contributed by atoms with Gasteiger partial charge in [0.2, 0.25) is 0 Å². The number of Topliss-reactive ketones (excluding diaryl/α,β-unsaturated/α-hetero) is 1. The zero-order valence-electron chi connectivity index (χ0n) is 20.7. The third kappa shape index (κ3) is 5.23. The Kier molecular flexibility index (Phi) is 7.79. The average Bonchev–Trinajstić information content (AvgIpc) is 3.08. The molecular formula is C28H36N4OS. The molecule has 34 heavy (non-hydrogen) atoms. The lowest BCUT2D eigenvalue weighted by Gasteiger charge is -2.36. The first-order valence-corrected chi connectivity index (χ1v) is 12.9. The lowest BCUT2D eigenvalue weighted by Crippen LogP contribution is -2.41. The number of nitrogens with zero attached hydrogens (tertiary/aromatic N) is 2. The Morgan fingerprint density at radius 3 is 2.32 bits per heavy atom. The van der Waals surface area contributed by atoms with Gasteiger partial charge in [-0.1, -0.05) is 70.2 Å². The molecule has 2 aromatic carbocycles. The van der Waals surface area contributed by atoms with Crippen LogP contribution in [0, 0.1) is 11.8 Å². The lowest BCUT2D eigenvalue weighted by molar-refractivity contribution is -0.114. The van der Waals surface area contributed by atoms with Crippen molar-refractivity contribution in [2.24, 2.45) is 16.9 Å². The summed E-state index contributed by atoms with van der Waals surface area (Å²) in [6.45, 7) is 11.7. The Morgan fingerprint density at radius 1 is 1.03 bits per heavy atom. The predicted octanol–water partition coefficient (Wildman–Crippen LogP) is 5.15. The summed E-state index contributed by atoms with van der Waals surface area (Å²) < 4.78 is 0. The number of rotatable bonds is 6. The summed E-state index contributed by atoms with van der Waals surface area (Å²) in [7, 11) is 0. The number of fused-ring (bicyclic) bond motifs is 1. The molecule has 1 fully saturated rings. The molecule has 0 spiro atoms. The number of anilines is 1. The van der Waals surface area contributed by atoms with Gasteiger partial charge in [0.25, 0.3) is 0 Å². The number of para-hydroxylation sites is 1.